The molecule has 2 aromatic rings. The number of nitrogens with one attached hydrogen (secondary N) is 1. The summed E-state index contributed by atoms with van der Waals surface area (Å²) in [4.78, 5) is 20.1. The fourth-order valence-corrected chi connectivity index (χ4v) is 3.27. The standard InChI is InChI=1S/C14H16BrN3OS/c1-2-5-9-13(16)17-12(18-14(9)19)8-20-11-7-4-3-6-10(11)15/h3-4,6-7H,2,5,8H2,1H3,(H3,16,17,18,19). The van der Waals surface area contributed by atoms with Gasteiger partial charge in [0.25, 0.3) is 5.56 Å². The fourth-order valence-electron chi connectivity index (χ4n) is 1.83. The van der Waals surface area contributed by atoms with Crippen molar-refractivity contribution < 1.29 is 0 Å². The second-order valence-electron chi connectivity index (χ2n) is 4.35. The van der Waals surface area contributed by atoms with Crippen LogP contribution in [0.15, 0.2) is 38.4 Å². The van der Waals surface area contributed by atoms with E-state index in [1.165, 1.54) is 0 Å². The number of halogens is 1. The number of hydrogen-bond donors (Lipinski definition) is 2. The molecule has 0 atom stereocenters. The molecule has 0 amide bonds. The lowest BCUT2D eigenvalue weighted by Crippen LogP contribution is -2.19. The van der Waals surface area contributed by atoms with Gasteiger partial charge in [0, 0.05) is 9.37 Å². The molecule has 0 aliphatic heterocycles. The topological polar surface area (TPSA) is 71.8 Å². The molecular formula is C14H16BrN3OS. The van der Waals surface area contributed by atoms with Crippen molar-refractivity contribution in [1.82, 2.24) is 9.97 Å². The summed E-state index contributed by atoms with van der Waals surface area (Å²) in [5.41, 5.74) is 6.32. The van der Waals surface area contributed by atoms with E-state index in [-0.39, 0.29) is 5.56 Å². The Labute approximate surface area is 130 Å². The highest BCUT2D eigenvalue weighted by atomic mass is 79.9. The molecular weight excluding hydrogens is 338 g/mol. The maximum absolute atomic E-state index is 11.9. The Hall–Kier alpha value is -1.27. The molecule has 20 heavy (non-hydrogen) atoms. The molecule has 1 aromatic carbocycles. The Bertz CT molecular complexity index is 657. The van der Waals surface area contributed by atoms with Crippen LogP contribution in [0, 0.1) is 0 Å². The summed E-state index contributed by atoms with van der Waals surface area (Å²) >= 11 is 5.09. The van der Waals surface area contributed by atoms with Crippen molar-refractivity contribution in [1.29, 1.82) is 0 Å². The van der Waals surface area contributed by atoms with Gasteiger partial charge >= 0.3 is 0 Å². The molecule has 106 valence electrons. The van der Waals surface area contributed by atoms with Crippen LogP contribution < -0.4 is 11.3 Å². The molecule has 1 aromatic heterocycles. The zero-order chi connectivity index (χ0) is 14.5. The molecule has 2 rings (SSSR count). The molecule has 0 aliphatic rings. The van der Waals surface area contributed by atoms with Crippen molar-refractivity contribution in [3.8, 4) is 0 Å². The summed E-state index contributed by atoms with van der Waals surface area (Å²) in [5.74, 6) is 1.53. The summed E-state index contributed by atoms with van der Waals surface area (Å²) in [6, 6.07) is 7.94. The van der Waals surface area contributed by atoms with Gasteiger partial charge in [0.15, 0.2) is 0 Å². The third-order valence-corrected chi connectivity index (χ3v) is 4.84. The normalized spacial score (nSPS) is 10.7. The first-order chi connectivity index (χ1) is 9.61. The maximum atomic E-state index is 11.9. The van der Waals surface area contributed by atoms with E-state index in [4.69, 9.17) is 5.73 Å². The Morgan fingerprint density at radius 2 is 2.15 bits per heavy atom. The van der Waals surface area contributed by atoms with E-state index < -0.39 is 0 Å². The summed E-state index contributed by atoms with van der Waals surface area (Å²) in [7, 11) is 0. The van der Waals surface area contributed by atoms with E-state index in [1.807, 2.05) is 31.2 Å². The lowest BCUT2D eigenvalue weighted by molar-refractivity contribution is 0.874. The van der Waals surface area contributed by atoms with Gasteiger partial charge in [0.05, 0.1) is 11.3 Å². The Balaban J connectivity index is 2.15. The van der Waals surface area contributed by atoms with E-state index in [0.29, 0.717) is 29.4 Å². The lowest BCUT2D eigenvalue weighted by Gasteiger charge is -2.07. The highest BCUT2D eigenvalue weighted by Gasteiger charge is 2.09. The van der Waals surface area contributed by atoms with E-state index in [1.54, 1.807) is 11.8 Å². The minimum Gasteiger partial charge on any atom is -0.383 e. The molecule has 3 N–H and O–H groups in total. The van der Waals surface area contributed by atoms with Crippen LogP contribution in [0.4, 0.5) is 5.82 Å². The van der Waals surface area contributed by atoms with Crippen LogP contribution in [-0.2, 0) is 12.2 Å². The first-order valence-corrected chi connectivity index (χ1v) is 8.14. The fraction of sp³-hybridized carbons (Fsp3) is 0.286. The molecule has 0 radical (unpaired) electrons. The van der Waals surface area contributed by atoms with Crippen molar-refractivity contribution in [2.75, 3.05) is 5.73 Å². The second-order valence-corrected chi connectivity index (χ2v) is 6.22. The van der Waals surface area contributed by atoms with Crippen LogP contribution in [0.5, 0.6) is 0 Å². The number of nitrogens with zero attached hydrogens (tertiary/aromatic N) is 1. The Morgan fingerprint density at radius 1 is 1.40 bits per heavy atom. The van der Waals surface area contributed by atoms with Crippen molar-refractivity contribution >= 4 is 33.5 Å². The van der Waals surface area contributed by atoms with Gasteiger partial charge < -0.3 is 10.7 Å². The molecule has 0 fully saturated rings. The van der Waals surface area contributed by atoms with Gasteiger partial charge in [0.2, 0.25) is 0 Å². The minimum absolute atomic E-state index is 0.123. The van der Waals surface area contributed by atoms with Crippen molar-refractivity contribution in [3.63, 3.8) is 0 Å². The average Bonchev–Trinajstić information content (AvgIpc) is 2.42. The van der Waals surface area contributed by atoms with Crippen LogP contribution in [0.2, 0.25) is 0 Å². The SMILES string of the molecule is CCCc1c(N)nc(CSc2ccccc2Br)[nH]c1=O. The smallest absolute Gasteiger partial charge is 0.256 e. The summed E-state index contributed by atoms with van der Waals surface area (Å²) in [6.45, 7) is 2.01. The zero-order valence-electron chi connectivity index (χ0n) is 11.1. The lowest BCUT2D eigenvalue weighted by atomic mass is 10.2. The number of nitrogen functional groups attached to an aromatic ring is 1. The third-order valence-electron chi connectivity index (χ3n) is 2.80. The predicted molar refractivity (Wildman–Crippen MR) is 87.0 cm³/mol. The van der Waals surface area contributed by atoms with Crippen LogP contribution in [-0.4, -0.2) is 9.97 Å². The van der Waals surface area contributed by atoms with Crippen LogP contribution in [0.3, 0.4) is 0 Å². The van der Waals surface area contributed by atoms with Crippen LogP contribution >= 0.6 is 27.7 Å². The van der Waals surface area contributed by atoms with Gasteiger partial charge in [-0.25, -0.2) is 4.98 Å². The van der Waals surface area contributed by atoms with Crippen molar-refractivity contribution in [2.45, 2.75) is 30.4 Å². The van der Waals surface area contributed by atoms with Gasteiger partial charge in [-0.15, -0.1) is 11.8 Å². The third kappa shape index (κ3) is 3.64. The first-order valence-electron chi connectivity index (χ1n) is 6.36. The molecule has 0 unspecified atom stereocenters. The monoisotopic (exact) mass is 353 g/mol. The molecule has 0 saturated carbocycles. The van der Waals surface area contributed by atoms with Gasteiger partial charge in [-0.05, 0) is 34.5 Å². The Morgan fingerprint density at radius 3 is 2.80 bits per heavy atom. The number of hydrogen-bond acceptors (Lipinski definition) is 4. The first kappa shape index (κ1) is 15.1. The molecule has 4 nitrogen and oxygen atoms in total. The second kappa shape index (κ2) is 6.95. The summed E-state index contributed by atoms with van der Waals surface area (Å²) in [5, 5.41) is 0. The van der Waals surface area contributed by atoms with E-state index in [9.17, 15) is 4.79 Å². The van der Waals surface area contributed by atoms with Crippen LogP contribution in [0.1, 0.15) is 24.7 Å². The number of aromatic amines is 1. The largest absolute Gasteiger partial charge is 0.383 e. The average molecular weight is 354 g/mol. The van der Waals surface area contributed by atoms with Crippen LogP contribution in [0.25, 0.3) is 0 Å². The Kier molecular flexibility index (Phi) is 5.25. The molecule has 6 heteroatoms. The number of H-pyrrole nitrogens is 1. The molecule has 1 heterocycles. The number of anilines is 1. The number of benzene rings is 1. The number of nitrogens with two attached hydrogens (primary N) is 1. The quantitative estimate of drug-likeness (QED) is 0.808. The number of aromatic nitrogens is 2. The highest BCUT2D eigenvalue weighted by Crippen LogP contribution is 2.28. The van der Waals surface area contributed by atoms with Gasteiger partial charge in [0.1, 0.15) is 11.6 Å². The minimum atomic E-state index is -0.123. The van der Waals surface area contributed by atoms with E-state index in [0.717, 1.165) is 15.8 Å². The molecule has 0 aliphatic carbocycles. The van der Waals surface area contributed by atoms with Crippen molar-refractivity contribution in [2.24, 2.45) is 0 Å². The number of rotatable bonds is 5. The summed E-state index contributed by atoms with van der Waals surface area (Å²) < 4.78 is 1.03. The maximum Gasteiger partial charge on any atom is 0.256 e. The van der Waals surface area contributed by atoms with E-state index >= 15 is 0 Å². The van der Waals surface area contributed by atoms with Crippen molar-refractivity contribution in [3.05, 3.63) is 50.5 Å². The molecule has 0 bridgehead atoms. The zero-order valence-corrected chi connectivity index (χ0v) is 13.6. The predicted octanol–water partition coefficient (Wildman–Crippen LogP) is 3.36. The van der Waals surface area contributed by atoms with Gasteiger partial charge in [-0.1, -0.05) is 25.5 Å². The van der Waals surface area contributed by atoms with E-state index in [2.05, 4.69) is 25.9 Å². The summed E-state index contributed by atoms with van der Waals surface area (Å²) in [6.07, 6.45) is 1.53. The molecule has 0 saturated heterocycles. The van der Waals surface area contributed by atoms with Gasteiger partial charge in [-0.3, -0.25) is 4.79 Å². The number of thioether (sulfide) groups is 1. The van der Waals surface area contributed by atoms with Gasteiger partial charge in [-0.2, -0.15) is 0 Å². The highest BCUT2D eigenvalue weighted by molar-refractivity contribution is 9.10. The molecule has 0 spiro atoms.